The van der Waals surface area contributed by atoms with Crippen molar-refractivity contribution in [1.29, 1.82) is 0 Å². The first-order valence-corrected chi connectivity index (χ1v) is 10.3. The van der Waals surface area contributed by atoms with Gasteiger partial charge in [-0.1, -0.05) is 0 Å². The first-order chi connectivity index (χ1) is 12.8. The smallest absolute Gasteiger partial charge is 0.242 e. The van der Waals surface area contributed by atoms with Crippen molar-refractivity contribution < 1.29 is 9.59 Å². The topological polar surface area (TPSA) is 85.8 Å². The van der Waals surface area contributed by atoms with Gasteiger partial charge in [0.25, 0.3) is 0 Å². The lowest BCUT2D eigenvalue weighted by Gasteiger charge is -2.27. The molecule has 1 aliphatic heterocycles. The van der Waals surface area contributed by atoms with Gasteiger partial charge in [0.05, 0.1) is 0 Å². The molecule has 0 saturated heterocycles. The molecule has 0 saturated carbocycles. The van der Waals surface area contributed by atoms with Crippen molar-refractivity contribution in [1.82, 2.24) is 20.9 Å². The summed E-state index contributed by atoms with van der Waals surface area (Å²) in [6, 6.07) is 2.11. The molecule has 0 aliphatic carbocycles. The van der Waals surface area contributed by atoms with Gasteiger partial charge in [-0.25, -0.2) is 4.99 Å². The van der Waals surface area contributed by atoms with Crippen LogP contribution in [0.4, 0.5) is 0 Å². The standard InChI is InChI=1S/C19H31N5O2S.HI/c1-5-20-18(22-12-16(25)23-19(2,3)4)21-9-6-17(26)24-10-7-15-14(13-24)8-11-27-15;/h8,11H,5-7,9-10,12-13H2,1-4H3,(H,23,25)(H2,20,21,22);1H. The normalized spacial score (nSPS) is 14.0. The zero-order chi connectivity index (χ0) is 19.9. The molecule has 2 heterocycles. The van der Waals surface area contributed by atoms with Gasteiger partial charge in [-0.2, -0.15) is 0 Å². The van der Waals surface area contributed by atoms with Crippen molar-refractivity contribution in [2.75, 3.05) is 26.2 Å². The highest BCUT2D eigenvalue weighted by atomic mass is 127. The Balaban J connectivity index is 0.00000392. The van der Waals surface area contributed by atoms with Crippen molar-refractivity contribution in [3.05, 3.63) is 21.9 Å². The van der Waals surface area contributed by atoms with E-state index >= 15 is 0 Å². The number of hydrogen-bond donors (Lipinski definition) is 3. The highest BCUT2D eigenvalue weighted by Crippen LogP contribution is 2.24. The Morgan fingerprint density at radius 2 is 2.04 bits per heavy atom. The summed E-state index contributed by atoms with van der Waals surface area (Å²) < 4.78 is 0. The molecule has 0 spiro atoms. The zero-order valence-electron chi connectivity index (χ0n) is 17.1. The summed E-state index contributed by atoms with van der Waals surface area (Å²) in [5, 5.41) is 11.2. The zero-order valence-corrected chi connectivity index (χ0v) is 20.3. The van der Waals surface area contributed by atoms with Crippen molar-refractivity contribution in [3.63, 3.8) is 0 Å². The Morgan fingerprint density at radius 1 is 1.29 bits per heavy atom. The third kappa shape index (κ3) is 8.34. The summed E-state index contributed by atoms with van der Waals surface area (Å²) in [5.41, 5.74) is 0.994. The van der Waals surface area contributed by atoms with E-state index in [0.717, 1.165) is 13.0 Å². The third-order valence-electron chi connectivity index (χ3n) is 4.03. The molecule has 2 amide bonds. The van der Waals surface area contributed by atoms with Crippen LogP contribution in [-0.4, -0.2) is 54.4 Å². The van der Waals surface area contributed by atoms with E-state index in [4.69, 9.17) is 0 Å². The molecule has 1 aliphatic rings. The van der Waals surface area contributed by atoms with Crippen LogP contribution in [0.3, 0.4) is 0 Å². The molecule has 28 heavy (non-hydrogen) atoms. The van der Waals surface area contributed by atoms with Crippen LogP contribution in [0.5, 0.6) is 0 Å². The lowest BCUT2D eigenvalue weighted by atomic mass is 10.1. The van der Waals surface area contributed by atoms with Crippen LogP contribution < -0.4 is 16.0 Å². The number of carbonyl (C=O) groups excluding carboxylic acids is 2. The fraction of sp³-hybridized carbons (Fsp3) is 0.632. The average Bonchev–Trinajstić information content (AvgIpc) is 3.05. The number of hydrogen-bond acceptors (Lipinski definition) is 4. The van der Waals surface area contributed by atoms with Crippen LogP contribution in [0.1, 0.15) is 44.6 Å². The van der Waals surface area contributed by atoms with Crippen LogP contribution in [0.25, 0.3) is 0 Å². The van der Waals surface area contributed by atoms with E-state index in [0.29, 0.717) is 32.0 Å². The quantitative estimate of drug-likeness (QED) is 0.304. The van der Waals surface area contributed by atoms with Gasteiger partial charge >= 0.3 is 0 Å². The first kappa shape index (κ1) is 24.7. The maximum atomic E-state index is 12.5. The number of carbonyl (C=O) groups is 2. The van der Waals surface area contributed by atoms with Gasteiger partial charge in [0.2, 0.25) is 11.8 Å². The number of thiophene rings is 1. The molecular weight excluding hydrogens is 489 g/mol. The fourth-order valence-corrected chi connectivity index (χ4v) is 3.75. The second-order valence-corrected chi connectivity index (χ2v) is 8.61. The minimum absolute atomic E-state index is 0. The summed E-state index contributed by atoms with van der Waals surface area (Å²) in [6.07, 6.45) is 1.34. The molecule has 0 atom stereocenters. The molecule has 9 heteroatoms. The lowest BCUT2D eigenvalue weighted by Crippen LogP contribution is -2.44. The number of halogens is 1. The fourth-order valence-electron chi connectivity index (χ4n) is 2.86. The van der Waals surface area contributed by atoms with Crippen LogP contribution in [-0.2, 0) is 22.6 Å². The molecule has 0 radical (unpaired) electrons. The largest absolute Gasteiger partial charge is 0.357 e. The highest BCUT2D eigenvalue weighted by Gasteiger charge is 2.21. The molecular formula is C19H32IN5O2S. The molecule has 1 aromatic rings. The number of guanidine groups is 1. The van der Waals surface area contributed by atoms with Gasteiger partial charge in [-0.05, 0) is 51.1 Å². The minimum Gasteiger partial charge on any atom is -0.357 e. The molecule has 2 rings (SSSR count). The summed E-state index contributed by atoms with van der Waals surface area (Å²) in [4.78, 5) is 32.0. The van der Waals surface area contributed by atoms with Gasteiger partial charge < -0.3 is 20.9 Å². The molecule has 0 aromatic carbocycles. The van der Waals surface area contributed by atoms with Crippen LogP contribution >= 0.6 is 35.3 Å². The molecule has 0 fully saturated rings. The van der Waals surface area contributed by atoms with Gasteiger partial charge in [0.15, 0.2) is 5.96 Å². The second kappa shape index (κ2) is 11.6. The van der Waals surface area contributed by atoms with Crippen molar-refractivity contribution in [2.45, 2.75) is 52.6 Å². The van der Waals surface area contributed by atoms with E-state index in [1.54, 1.807) is 11.3 Å². The maximum absolute atomic E-state index is 12.5. The van der Waals surface area contributed by atoms with E-state index < -0.39 is 0 Å². The SMILES string of the molecule is CCNC(=NCC(=O)NC(C)(C)C)NCCC(=O)N1CCc2sccc2C1.I. The summed E-state index contributed by atoms with van der Waals surface area (Å²) in [7, 11) is 0. The summed E-state index contributed by atoms with van der Waals surface area (Å²) >= 11 is 1.77. The predicted octanol–water partition coefficient (Wildman–Crippen LogP) is 2.11. The highest BCUT2D eigenvalue weighted by molar-refractivity contribution is 14.0. The Labute approximate surface area is 188 Å². The Bertz CT molecular complexity index is 684. The number of nitrogens with zero attached hydrogens (tertiary/aromatic N) is 2. The predicted molar refractivity (Wildman–Crippen MR) is 125 cm³/mol. The monoisotopic (exact) mass is 521 g/mol. The van der Waals surface area contributed by atoms with E-state index in [1.807, 2.05) is 32.6 Å². The van der Waals surface area contributed by atoms with E-state index in [1.165, 1.54) is 10.4 Å². The van der Waals surface area contributed by atoms with Crippen LogP contribution in [0.15, 0.2) is 16.4 Å². The summed E-state index contributed by atoms with van der Waals surface area (Å²) in [6.45, 7) is 10.5. The van der Waals surface area contributed by atoms with E-state index in [2.05, 4.69) is 32.4 Å². The van der Waals surface area contributed by atoms with Gasteiger partial charge in [-0.15, -0.1) is 35.3 Å². The summed E-state index contributed by atoms with van der Waals surface area (Å²) in [5.74, 6) is 0.560. The molecule has 7 nitrogen and oxygen atoms in total. The van der Waals surface area contributed by atoms with E-state index in [-0.39, 0.29) is 47.9 Å². The number of aliphatic imine (C=N–C) groups is 1. The van der Waals surface area contributed by atoms with Gasteiger partial charge in [0, 0.05) is 43.0 Å². The maximum Gasteiger partial charge on any atom is 0.242 e. The first-order valence-electron chi connectivity index (χ1n) is 9.44. The van der Waals surface area contributed by atoms with Crippen molar-refractivity contribution in [3.8, 4) is 0 Å². The van der Waals surface area contributed by atoms with Gasteiger partial charge in [-0.3, -0.25) is 9.59 Å². The third-order valence-corrected chi connectivity index (χ3v) is 5.05. The Kier molecular flexibility index (Phi) is 10.2. The molecule has 1 aromatic heterocycles. The number of amides is 2. The van der Waals surface area contributed by atoms with Gasteiger partial charge in [0.1, 0.15) is 6.54 Å². The average molecular weight is 521 g/mol. The Hall–Kier alpha value is -1.36. The second-order valence-electron chi connectivity index (χ2n) is 7.60. The van der Waals surface area contributed by atoms with Crippen molar-refractivity contribution >= 4 is 53.1 Å². The number of rotatable bonds is 6. The molecule has 0 bridgehead atoms. The molecule has 158 valence electrons. The van der Waals surface area contributed by atoms with Crippen LogP contribution in [0, 0.1) is 0 Å². The lowest BCUT2D eigenvalue weighted by molar-refractivity contribution is -0.132. The minimum atomic E-state index is -0.276. The molecule has 3 N–H and O–H groups in total. The van der Waals surface area contributed by atoms with Crippen molar-refractivity contribution in [2.24, 2.45) is 4.99 Å². The van der Waals surface area contributed by atoms with Crippen LogP contribution in [0.2, 0.25) is 0 Å². The Morgan fingerprint density at radius 3 is 2.71 bits per heavy atom. The number of nitrogens with one attached hydrogen (secondary N) is 3. The number of fused-ring (bicyclic) bond motifs is 1. The molecule has 0 unspecified atom stereocenters. The van der Waals surface area contributed by atoms with E-state index in [9.17, 15) is 9.59 Å².